The number of methoxy groups -OCH3 is 2. The number of allylic oxidation sites excluding steroid dienone is 2. The maximum atomic E-state index is 10.9. The van der Waals surface area contributed by atoms with Crippen LogP contribution in [0.2, 0.25) is 0 Å². The number of esters is 2. The van der Waals surface area contributed by atoms with Gasteiger partial charge in [0.05, 0.1) is 14.2 Å². The van der Waals surface area contributed by atoms with E-state index in [0.29, 0.717) is 12.8 Å². The summed E-state index contributed by atoms with van der Waals surface area (Å²) in [7, 11) is 2.92. The van der Waals surface area contributed by atoms with Gasteiger partial charge < -0.3 is 9.47 Å². The van der Waals surface area contributed by atoms with Crippen LogP contribution in [0.25, 0.3) is 0 Å². The normalized spacial score (nSPS) is 11.0. The van der Waals surface area contributed by atoms with Crippen LogP contribution in [0, 0.1) is 0 Å². The number of carbonyl (C=O) groups is 2. The van der Waals surface area contributed by atoms with Gasteiger partial charge in [0.25, 0.3) is 0 Å². The molecule has 0 aromatic heterocycles. The van der Waals surface area contributed by atoms with E-state index in [-0.39, 0.29) is 11.9 Å². The molecule has 0 fully saturated rings. The standard InChI is InChI=1S/C19H38O2.C19H36O2/c2*1-3-4-5-6-7-8-9-10-11-12-13-14-15-16-17-18-19(20)21-2/h3-18H2,1-2H3;10-11H,3-9,12-18H2,1-2H3/b;11-10-. The molecule has 0 bridgehead atoms. The Morgan fingerprint density at radius 1 is 0.381 bits per heavy atom. The van der Waals surface area contributed by atoms with Gasteiger partial charge in [-0.15, -0.1) is 0 Å². The highest BCUT2D eigenvalue weighted by Crippen LogP contribution is 2.14. The van der Waals surface area contributed by atoms with Gasteiger partial charge in [0.15, 0.2) is 0 Å². The van der Waals surface area contributed by atoms with Crippen LogP contribution in [0.5, 0.6) is 0 Å². The first-order valence-corrected chi connectivity index (χ1v) is 18.4. The summed E-state index contributed by atoms with van der Waals surface area (Å²) in [6.07, 6.45) is 42.9. The van der Waals surface area contributed by atoms with Crippen LogP contribution in [0.4, 0.5) is 0 Å². The lowest BCUT2D eigenvalue weighted by molar-refractivity contribution is -0.141. The average molecular weight is 595 g/mol. The summed E-state index contributed by atoms with van der Waals surface area (Å²) in [6.45, 7) is 4.54. The van der Waals surface area contributed by atoms with Crippen molar-refractivity contribution in [2.24, 2.45) is 0 Å². The summed E-state index contributed by atoms with van der Waals surface area (Å²) in [5, 5.41) is 0. The Hall–Kier alpha value is -1.32. The van der Waals surface area contributed by atoms with Crippen LogP contribution < -0.4 is 0 Å². The number of hydrogen-bond donors (Lipinski definition) is 0. The molecule has 0 amide bonds. The SMILES string of the molecule is CCCCCCCC/C=C\CCCCCCCC(=O)OC.CCCCCCCCCCCCCCCCCC(=O)OC. The predicted octanol–water partition coefficient (Wildman–Crippen LogP) is 12.6. The van der Waals surface area contributed by atoms with Gasteiger partial charge in [-0.1, -0.05) is 167 Å². The molecule has 0 rings (SSSR count). The maximum absolute atomic E-state index is 10.9. The molecule has 0 spiro atoms. The molecule has 42 heavy (non-hydrogen) atoms. The summed E-state index contributed by atoms with van der Waals surface area (Å²) in [4.78, 5) is 21.8. The summed E-state index contributed by atoms with van der Waals surface area (Å²) >= 11 is 0. The Labute approximate surface area is 263 Å². The lowest BCUT2D eigenvalue weighted by Gasteiger charge is -2.03. The lowest BCUT2D eigenvalue weighted by Crippen LogP contribution is -1.99. The number of rotatable bonds is 31. The fourth-order valence-electron chi connectivity index (χ4n) is 5.18. The minimum atomic E-state index is -0.0763. The first-order chi connectivity index (χ1) is 20.6. The van der Waals surface area contributed by atoms with E-state index in [9.17, 15) is 9.59 Å². The average Bonchev–Trinajstić information content (AvgIpc) is 3.01. The largest absolute Gasteiger partial charge is 0.469 e. The zero-order valence-electron chi connectivity index (χ0n) is 29.0. The predicted molar refractivity (Wildman–Crippen MR) is 183 cm³/mol. The highest BCUT2D eigenvalue weighted by atomic mass is 16.5. The molecule has 4 nitrogen and oxygen atoms in total. The van der Waals surface area contributed by atoms with Crippen LogP contribution >= 0.6 is 0 Å². The van der Waals surface area contributed by atoms with Crippen LogP contribution in [0.1, 0.15) is 206 Å². The van der Waals surface area contributed by atoms with Gasteiger partial charge in [0.2, 0.25) is 0 Å². The fraction of sp³-hybridized carbons (Fsp3) is 0.895. The van der Waals surface area contributed by atoms with Crippen molar-refractivity contribution in [2.75, 3.05) is 14.2 Å². The Kier molecular flexibility index (Phi) is 40.4. The fourth-order valence-corrected chi connectivity index (χ4v) is 5.18. The van der Waals surface area contributed by atoms with E-state index in [1.165, 1.54) is 175 Å². The Morgan fingerprint density at radius 2 is 0.619 bits per heavy atom. The quantitative estimate of drug-likeness (QED) is 0.0455. The first kappa shape index (κ1) is 42.8. The second kappa shape index (κ2) is 39.7. The van der Waals surface area contributed by atoms with E-state index >= 15 is 0 Å². The molecule has 250 valence electrons. The number of ether oxygens (including phenoxy) is 2. The summed E-state index contributed by atoms with van der Waals surface area (Å²) in [5.74, 6) is -0.141. The van der Waals surface area contributed by atoms with Crippen molar-refractivity contribution in [1.82, 2.24) is 0 Å². The topological polar surface area (TPSA) is 52.6 Å². The molecule has 0 aromatic carbocycles. The van der Waals surface area contributed by atoms with Gasteiger partial charge in [0, 0.05) is 12.8 Å². The van der Waals surface area contributed by atoms with Gasteiger partial charge in [-0.3, -0.25) is 9.59 Å². The van der Waals surface area contributed by atoms with Crippen molar-refractivity contribution < 1.29 is 19.1 Å². The Balaban J connectivity index is 0. The molecule has 0 saturated carbocycles. The highest BCUT2D eigenvalue weighted by Gasteiger charge is 2.00. The zero-order chi connectivity index (χ0) is 31.2. The van der Waals surface area contributed by atoms with E-state index < -0.39 is 0 Å². The minimum absolute atomic E-state index is 0.0651. The number of unbranched alkanes of at least 4 members (excludes halogenated alkanes) is 25. The highest BCUT2D eigenvalue weighted by molar-refractivity contribution is 5.69. The monoisotopic (exact) mass is 595 g/mol. The van der Waals surface area contributed by atoms with Gasteiger partial charge >= 0.3 is 11.9 Å². The summed E-state index contributed by atoms with van der Waals surface area (Å²) in [6, 6.07) is 0. The molecule has 0 unspecified atom stereocenters. The molecular formula is C38H74O4. The van der Waals surface area contributed by atoms with Crippen molar-refractivity contribution >= 4 is 11.9 Å². The molecule has 4 heteroatoms. The molecule has 0 N–H and O–H groups in total. The van der Waals surface area contributed by atoms with E-state index in [1.807, 2.05) is 0 Å². The van der Waals surface area contributed by atoms with Crippen LogP contribution in [-0.2, 0) is 19.1 Å². The Bertz CT molecular complexity index is 557. The zero-order valence-corrected chi connectivity index (χ0v) is 29.0. The molecule has 0 aromatic rings. The van der Waals surface area contributed by atoms with Gasteiger partial charge in [-0.05, 0) is 38.5 Å². The van der Waals surface area contributed by atoms with Crippen molar-refractivity contribution in [3.05, 3.63) is 12.2 Å². The molecule has 0 aliphatic heterocycles. The van der Waals surface area contributed by atoms with E-state index in [0.717, 1.165) is 19.3 Å². The molecule has 0 saturated heterocycles. The third-order valence-electron chi connectivity index (χ3n) is 8.08. The van der Waals surface area contributed by atoms with E-state index in [2.05, 4.69) is 35.5 Å². The lowest BCUT2D eigenvalue weighted by atomic mass is 10.0. The van der Waals surface area contributed by atoms with Crippen molar-refractivity contribution in [3.8, 4) is 0 Å². The number of hydrogen-bond acceptors (Lipinski definition) is 4. The molecule has 0 atom stereocenters. The van der Waals surface area contributed by atoms with Gasteiger partial charge in [0.1, 0.15) is 0 Å². The summed E-state index contributed by atoms with van der Waals surface area (Å²) < 4.78 is 9.25. The van der Waals surface area contributed by atoms with Crippen LogP contribution in [0.3, 0.4) is 0 Å². The first-order valence-electron chi connectivity index (χ1n) is 18.4. The molecular weight excluding hydrogens is 520 g/mol. The second-order valence-corrected chi connectivity index (χ2v) is 12.2. The molecule has 0 aliphatic carbocycles. The van der Waals surface area contributed by atoms with Crippen LogP contribution in [0.15, 0.2) is 12.2 Å². The summed E-state index contributed by atoms with van der Waals surface area (Å²) in [5.41, 5.74) is 0. The Morgan fingerprint density at radius 3 is 0.881 bits per heavy atom. The smallest absolute Gasteiger partial charge is 0.305 e. The second-order valence-electron chi connectivity index (χ2n) is 12.2. The third-order valence-corrected chi connectivity index (χ3v) is 8.08. The maximum Gasteiger partial charge on any atom is 0.305 e. The third kappa shape index (κ3) is 40.8. The van der Waals surface area contributed by atoms with Gasteiger partial charge in [-0.25, -0.2) is 0 Å². The van der Waals surface area contributed by atoms with Gasteiger partial charge in [-0.2, -0.15) is 0 Å². The number of carbonyl (C=O) groups excluding carboxylic acids is 2. The van der Waals surface area contributed by atoms with Crippen molar-refractivity contribution in [1.29, 1.82) is 0 Å². The molecule has 0 radical (unpaired) electrons. The molecule has 0 aliphatic rings. The van der Waals surface area contributed by atoms with Crippen LogP contribution in [-0.4, -0.2) is 26.2 Å². The van der Waals surface area contributed by atoms with Crippen molar-refractivity contribution in [2.45, 2.75) is 206 Å². The van der Waals surface area contributed by atoms with Crippen molar-refractivity contribution in [3.63, 3.8) is 0 Å². The minimum Gasteiger partial charge on any atom is -0.469 e. The van der Waals surface area contributed by atoms with E-state index in [1.54, 1.807) is 0 Å². The molecule has 0 heterocycles. The van der Waals surface area contributed by atoms with E-state index in [4.69, 9.17) is 0 Å².